The van der Waals surface area contributed by atoms with Crippen LogP contribution in [0, 0.1) is 0 Å². The summed E-state index contributed by atoms with van der Waals surface area (Å²) in [5.41, 5.74) is 2.03. The van der Waals surface area contributed by atoms with Gasteiger partial charge in [-0.25, -0.2) is 4.98 Å². The number of aromatic nitrogens is 3. The van der Waals surface area contributed by atoms with Crippen LogP contribution in [0.4, 0.5) is 0 Å². The molecular formula is C9H9N3S. The number of hydrogen-bond donors (Lipinski definition) is 2. The number of hydrogen-bond acceptors (Lipinski definition) is 3. The summed E-state index contributed by atoms with van der Waals surface area (Å²) in [5.74, 6) is 1.50. The molecule has 2 heterocycles. The smallest absolute Gasteiger partial charge is 0.116 e. The Morgan fingerprint density at radius 1 is 1.38 bits per heavy atom. The Morgan fingerprint density at radius 3 is 2.92 bits per heavy atom. The molecule has 0 aliphatic rings. The number of nitrogens with one attached hydrogen (secondary N) is 1. The second-order valence-electron chi connectivity index (χ2n) is 2.64. The molecule has 0 amide bonds. The molecule has 0 atom stereocenters. The van der Waals surface area contributed by atoms with Crippen molar-refractivity contribution in [2.75, 3.05) is 0 Å². The molecule has 0 saturated heterocycles. The van der Waals surface area contributed by atoms with E-state index < -0.39 is 0 Å². The summed E-state index contributed by atoms with van der Waals surface area (Å²) in [6, 6.07) is 3.89. The molecule has 66 valence electrons. The Morgan fingerprint density at radius 2 is 2.31 bits per heavy atom. The number of pyridine rings is 1. The summed E-state index contributed by atoms with van der Waals surface area (Å²) in [6.45, 7) is 0. The van der Waals surface area contributed by atoms with Crippen LogP contribution in [0.15, 0.2) is 30.7 Å². The van der Waals surface area contributed by atoms with Crippen molar-refractivity contribution >= 4 is 12.6 Å². The minimum Gasteiger partial charge on any atom is -0.341 e. The summed E-state index contributed by atoms with van der Waals surface area (Å²) in [4.78, 5) is 11.3. The average molecular weight is 191 g/mol. The number of aromatic amines is 1. The molecule has 0 fully saturated rings. The molecule has 0 radical (unpaired) electrons. The van der Waals surface area contributed by atoms with Crippen molar-refractivity contribution < 1.29 is 0 Å². The van der Waals surface area contributed by atoms with Gasteiger partial charge in [-0.05, 0) is 12.1 Å². The predicted octanol–water partition coefficient (Wildman–Crippen LogP) is 1.90. The van der Waals surface area contributed by atoms with E-state index >= 15 is 0 Å². The number of H-pyrrole nitrogens is 1. The van der Waals surface area contributed by atoms with E-state index in [2.05, 4.69) is 27.6 Å². The highest BCUT2D eigenvalue weighted by Gasteiger charge is 2.00. The molecule has 0 spiro atoms. The van der Waals surface area contributed by atoms with Gasteiger partial charge in [0.15, 0.2) is 0 Å². The molecule has 2 rings (SSSR count). The van der Waals surface area contributed by atoms with E-state index in [1.54, 1.807) is 18.6 Å². The fourth-order valence-corrected chi connectivity index (χ4v) is 1.27. The van der Waals surface area contributed by atoms with Crippen LogP contribution in [0.3, 0.4) is 0 Å². The first-order valence-electron chi connectivity index (χ1n) is 3.95. The van der Waals surface area contributed by atoms with Crippen molar-refractivity contribution in [2.24, 2.45) is 0 Å². The second-order valence-corrected chi connectivity index (χ2v) is 2.96. The molecule has 0 saturated carbocycles. The van der Waals surface area contributed by atoms with Crippen LogP contribution in [0.5, 0.6) is 0 Å². The average Bonchev–Trinajstić information content (AvgIpc) is 2.67. The van der Waals surface area contributed by atoms with Crippen molar-refractivity contribution in [1.82, 2.24) is 15.0 Å². The lowest BCUT2D eigenvalue weighted by atomic mass is 10.2. The van der Waals surface area contributed by atoms with Crippen molar-refractivity contribution in [3.63, 3.8) is 0 Å². The van der Waals surface area contributed by atoms with Crippen LogP contribution in [-0.2, 0) is 5.75 Å². The van der Waals surface area contributed by atoms with Crippen molar-refractivity contribution in [3.8, 4) is 11.3 Å². The molecule has 13 heavy (non-hydrogen) atoms. The molecule has 0 bridgehead atoms. The molecular weight excluding hydrogens is 182 g/mol. The van der Waals surface area contributed by atoms with E-state index in [0.717, 1.165) is 17.1 Å². The van der Waals surface area contributed by atoms with Gasteiger partial charge >= 0.3 is 0 Å². The molecule has 1 N–H and O–H groups in total. The van der Waals surface area contributed by atoms with Crippen LogP contribution in [0.1, 0.15) is 5.82 Å². The van der Waals surface area contributed by atoms with E-state index in [9.17, 15) is 0 Å². The van der Waals surface area contributed by atoms with Gasteiger partial charge in [0.25, 0.3) is 0 Å². The SMILES string of the molecule is SCc1ncc(-c2cccnc2)[nH]1. The van der Waals surface area contributed by atoms with Gasteiger partial charge in [0, 0.05) is 23.7 Å². The van der Waals surface area contributed by atoms with Gasteiger partial charge in [0.2, 0.25) is 0 Å². The van der Waals surface area contributed by atoms with Crippen LogP contribution in [0.2, 0.25) is 0 Å². The normalized spacial score (nSPS) is 10.2. The first-order chi connectivity index (χ1) is 6.40. The number of thiol groups is 1. The maximum Gasteiger partial charge on any atom is 0.116 e. The van der Waals surface area contributed by atoms with E-state index in [1.165, 1.54) is 0 Å². The third-order valence-electron chi connectivity index (χ3n) is 1.75. The molecule has 0 aromatic carbocycles. The molecule has 0 unspecified atom stereocenters. The Hall–Kier alpha value is -1.29. The highest BCUT2D eigenvalue weighted by atomic mass is 32.1. The molecule has 2 aromatic rings. The molecule has 0 aliphatic heterocycles. The van der Waals surface area contributed by atoms with Crippen LogP contribution in [-0.4, -0.2) is 15.0 Å². The highest BCUT2D eigenvalue weighted by Crippen LogP contribution is 2.15. The van der Waals surface area contributed by atoms with Crippen LogP contribution < -0.4 is 0 Å². The minimum absolute atomic E-state index is 0.625. The van der Waals surface area contributed by atoms with Crippen LogP contribution in [0.25, 0.3) is 11.3 Å². The second kappa shape index (κ2) is 3.62. The van der Waals surface area contributed by atoms with Crippen LogP contribution >= 0.6 is 12.6 Å². The number of nitrogens with zero attached hydrogens (tertiary/aromatic N) is 2. The molecule has 0 aliphatic carbocycles. The minimum atomic E-state index is 0.625. The van der Waals surface area contributed by atoms with Gasteiger partial charge in [-0.15, -0.1) is 0 Å². The van der Waals surface area contributed by atoms with Crippen molar-refractivity contribution in [3.05, 3.63) is 36.5 Å². The largest absolute Gasteiger partial charge is 0.341 e. The first-order valence-corrected chi connectivity index (χ1v) is 4.58. The monoisotopic (exact) mass is 191 g/mol. The highest BCUT2D eigenvalue weighted by molar-refractivity contribution is 7.79. The van der Waals surface area contributed by atoms with E-state index in [1.807, 2.05) is 12.1 Å². The summed E-state index contributed by atoms with van der Waals surface area (Å²) in [5, 5.41) is 0. The first kappa shape index (κ1) is 8.31. The van der Waals surface area contributed by atoms with Crippen molar-refractivity contribution in [1.29, 1.82) is 0 Å². The van der Waals surface area contributed by atoms with Gasteiger partial charge < -0.3 is 4.98 Å². The Balaban J connectivity index is 2.36. The summed E-state index contributed by atoms with van der Waals surface area (Å²) in [7, 11) is 0. The fraction of sp³-hybridized carbons (Fsp3) is 0.111. The predicted molar refractivity (Wildman–Crippen MR) is 54.5 cm³/mol. The van der Waals surface area contributed by atoms with Gasteiger partial charge in [-0.2, -0.15) is 12.6 Å². The van der Waals surface area contributed by atoms with Gasteiger partial charge in [-0.1, -0.05) is 0 Å². The third-order valence-corrected chi connectivity index (χ3v) is 2.05. The maximum atomic E-state index is 4.15. The summed E-state index contributed by atoms with van der Waals surface area (Å²) in [6.07, 6.45) is 5.35. The van der Waals surface area contributed by atoms with E-state index in [0.29, 0.717) is 5.75 Å². The van der Waals surface area contributed by atoms with Crippen molar-refractivity contribution in [2.45, 2.75) is 5.75 Å². The third kappa shape index (κ3) is 1.72. The maximum absolute atomic E-state index is 4.15. The van der Waals surface area contributed by atoms with E-state index in [-0.39, 0.29) is 0 Å². The summed E-state index contributed by atoms with van der Waals surface area (Å²) < 4.78 is 0. The zero-order chi connectivity index (χ0) is 9.10. The Kier molecular flexibility index (Phi) is 2.31. The Labute approximate surface area is 81.7 Å². The van der Waals surface area contributed by atoms with Gasteiger partial charge in [0.05, 0.1) is 11.9 Å². The standard InChI is InChI=1S/C9H9N3S/c13-6-9-11-5-8(12-9)7-2-1-3-10-4-7/h1-5,13H,6H2,(H,11,12). The topological polar surface area (TPSA) is 41.6 Å². The fourth-order valence-electron chi connectivity index (χ4n) is 1.11. The zero-order valence-electron chi connectivity index (χ0n) is 6.94. The zero-order valence-corrected chi connectivity index (χ0v) is 7.83. The molecule has 4 heteroatoms. The Bertz CT molecular complexity index is 383. The molecule has 2 aromatic heterocycles. The van der Waals surface area contributed by atoms with E-state index in [4.69, 9.17) is 0 Å². The number of rotatable bonds is 2. The summed E-state index contributed by atoms with van der Waals surface area (Å²) >= 11 is 4.13. The van der Waals surface area contributed by atoms with Gasteiger partial charge in [-0.3, -0.25) is 4.98 Å². The quantitative estimate of drug-likeness (QED) is 0.712. The lowest BCUT2D eigenvalue weighted by Gasteiger charge is -1.93. The lowest BCUT2D eigenvalue weighted by molar-refractivity contribution is 1.13. The van der Waals surface area contributed by atoms with Gasteiger partial charge in [0.1, 0.15) is 5.82 Å². The number of imidazole rings is 1. The molecule has 3 nitrogen and oxygen atoms in total. The lowest BCUT2D eigenvalue weighted by Crippen LogP contribution is -1.81.